The average Bonchev–Trinajstić information content (AvgIpc) is 2.49. The number of unbranched alkanes of at least 4 members (excludes halogenated alkanes) is 1. The first-order chi connectivity index (χ1) is 10.1. The van der Waals surface area contributed by atoms with Gasteiger partial charge in [0.05, 0.1) is 24.7 Å². The first-order valence-electron chi connectivity index (χ1n) is 6.75. The van der Waals surface area contributed by atoms with Gasteiger partial charge in [-0.1, -0.05) is 29.3 Å². The van der Waals surface area contributed by atoms with Crippen LogP contribution in [0.3, 0.4) is 0 Å². The van der Waals surface area contributed by atoms with E-state index in [0.29, 0.717) is 42.2 Å². The molecule has 0 amide bonds. The van der Waals surface area contributed by atoms with Gasteiger partial charge in [0, 0.05) is 17.5 Å². The lowest BCUT2D eigenvalue weighted by molar-refractivity contribution is -0.385. The molecule has 0 bridgehead atoms. The smallest absolute Gasteiger partial charge is 0.277 e. The Morgan fingerprint density at radius 2 is 2.00 bits per heavy atom. The molecule has 7 heteroatoms. The molecule has 1 rings (SSSR count). The Labute approximate surface area is 132 Å². The number of nitrogens with zero attached hydrogens (tertiary/aromatic N) is 1. The number of hydrogen-bond acceptors (Lipinski definition) is 5. The van der Waals surface area contributed by atoms with Crippen molar-refractivity contribution in [2.75, 3.05) is 26.9 Å². The van der Waals surface area contributed by atoms with E-state index >= 15 is 0 Å². The minimum atomic E-state index is -0.430. The van der Waals surface area contributed by atoms with Crippen LogP contribution >= 0.6 is 15.9 Å². The van der Waals surface area contributed by atoms with E-state index in [1.807, 2.05) is 0 Å². The molecule has 0 saturated heterocycles. The molecule has 0 aliphatic heterocycles. The minimum absolute atomic E-state index is 0.00887. The van der Waals surface area contributed by atoms with Gasteiger partial charge in [0.2, 0.25) is 0 Å². The molecule has 118 valence electrons. The molecular formula is C14H20BrNO5. The zero-order valence-corrected chi connectivity index (χ0v) is 13.8. The summed E-state index contributed by atoms with van der Waals surface area (Å²) in [5.74, 6) is 0.830. The van der Waals surface area contributed by atoms with E-state index in [0.717, 1.165) is 12.8 Å². The Bertz CT molecular complexity index is 467. The predicted octanol–water partition coefficient (Wildman–Crippen LogP) is 3.69. The van der Waals surface area contributed by atoms with Crippen LogP contribution in [0.25, 0.3) is 0 Å². The van der Waals surface area contributed by atoms with E-state index < -0.39 is 4.92 Å². The van der Waals surface area contributed by atoms with E-state index in [9.17, 15) is 10.1 Å². The quantitative estimate of drug-likeness (QED) is 0.275. The normalized spacial score (nSPS) is 10.4. The summed E-state index contributed by atoms with van der Waals surface area (Å²) < 4.78 is 16.1. The monoisotopic (exact) mass is 361 g/mol. The van der Waals surface area contributed by atoms with E-state index in [-0.39, 0.29) is 5.69 Å². The molecule has 0 spiro atoms. The van der Waals surface area contributed by atoms with E-state index in [4.69, 9.17) is 14.2 Å². The second kappa shape index (κ2) is 9.57. The Morgan fingerprint density at radius 1 is 1.24 bits per heavy atom. The van der Waals surface area contributed by atoms with Crippen molar-refractivity contribution >= 4 is 21.6 Å². The number of methoxy groups -OCH3 is 1. The Balaban J connectivity index is 2.71. The van der Waals surface area contributed by atoms with Gasteiger partial charge in [0.15, 0.2) is 11.5 Å². The fourth-order valence-corrected chi connectivity index (χ4v) is 2.15. The Morgan fingerprint density at radius 3 is 2.57 bits per heavy atom. The maximum atomic E-state index is 11.0. The lowest BCUT2D eigenvalue weighted by atomic mass is 10.2. The van der Waals surface area contributed by atoms with Crippen molar-refractivity contribution in [2.45, 2.75) is 25.1 Å². The van der Waals surface area contributed by atoms with Crippen LogP contribution in [0.5, 0.6) is 11.5 Å². The predicted molar refractivity (Wildman–Crippen MR) is 83.5 cm³/mol. The molecule has 0 heterocycles. The van der Waals surface area contributed by atoms with Crippen LogP contribution in [0.4, 0.5) is 5.69 Å². The molecule has 0 fully saturated rings. The zero-order chi connectivity index (χ0) is 15.7. The molecule has 0 aromatic heterocycles. The van der Waals surface area contributed by atoms with E-state index in [1.165, 1.54) is 13.2 Å². The van der Waals surface area contributed by atoms with Gasteiger partial charge in [0.25, 0.3) is 5.69 Å². The number of alkyl halides is 1. The number of rotatable bonds is 10. The van der Waals surface area contributed by atoms with Crippen molar-refractivity contribution in [3.05, 3.63) is 27.8 Å². The summed E-state index contributed by atoms with van der Waals surface area (Å²) in [6.45, 7) is 3.55. The summed E-state index contributed by atoms with van der Waals surface area (Å²) in [6, 6.07) is 3.00. The molecule has 0 radical (unpaired) electrons. The summed E-state index contributed by atoms with van der Waals surface area (Å²) in [5.41, 5.74) is 0.554. The Hall–Kier alpha value is -1.34. The van der Waals surface area contributed by atoms with Crippen molar-refractivity contribution < 1.29 is 19.1 Å². The molecule has 6 nitrogen and oxygen atoms in total. The lowest BCUT2D eigenvalue weighted by Crippen LogP contribution is -2.08. The molecule has 0 N–H and O–H groups in total. The molecule has 1 aromatic carbocycles. The molecule has 0 saturated carbocycles. The molecule has 21 heavy (non-hydrogen) atoms. The third-order valence-corrected chi connectivity index (χ3v) is 3.44. The maximum absolute atomic E-state index is 11.0. The Kier molecular flexibility index (Phi) is 8.07. The van der Waals surface area contributed by atoms with Gasteiger partial charge < -0.3 is 14.2 Å². The average molecular weight is 362 g/mol. The van der Waals surface area contributed by atoms with Crippen LogP contribution in [0.15, 0.2) is 12.1 Å². The highest BCUT2D eigenvalue weighted by Crippen LogP contribution is 2.35. The summed E-state index contributed by atoms with van der Waals surface area (Å²) in [6.07, 6.45) is 2.09. The van der Waals surface area contributed by atoms with Crippen molar-refractivity contribution in [3.63, 3.8) is 0 Å². The lowest BCUT2D eigenvalue weighted by Gasteiger charge is -2.12. The largest absolute Gasteiger partial charge is 0.493 e. The van der Waals surface area contributed by atoms with Crippen molar-refractivity contribution in [1.29, 1.82) is 0 Å². The number of ether oxygens (including phenoxy) is 3. The van der Waals surface area contributed by atoms with Gasteiger partial charge in [-0.15, -0.1) is 0 Å². The van der Waals surface area contributed by atoms with Crippen LogP contribution in [0.2, 0.25) is 0 Å². The summed E-state index contributed by atoms with van der Waals surface area (Å²) in [7, 11) is 1.50. The van der Waals surface area contributed by atoms with Gasteiger partial charge in [-0.3, -0.25) is 10.1 Å². The molecule has 1 aromatic rings. The van der Waals surface area contributed by atoms with Gasteiger partial charge >= 0.3 is 0 Å². The number of halogens is 1. The van der Waals surface area contributed by atoms with Crippen LogP contribution in [0, 0.1) is 10.1 Å². The highest BCUT2D eigenvalue weighted by Gasteiger charge is 2.18. The number of benzene rings is 1. The maximum Gasteiger partial charge on any atom is 0.277 e. The third kappa shape index (κ3) is 5.51. The topological polar surface area (TPSA) is 70.8 Å². The summed E-state index contributed by atoms with van der Waals surface area (Å²) in [4.78, 5) is 10.6. The minimum Gasteiger partial charge on any atom is -0.493 e. The van der Waals surface area contributed by atoms with Gasteiger partial charge in [-0.2, -0.15) is 0 Å². The van der Waals surface area contributed by atoms with Crippen LogP contribution < -0.4 is 9.47 Å². The highest BCUT2D eigenvalue weighted by molar-refractivity contribution is 9.08. The first kappa shape index (κ1) is 17.7. The standard InChI is InChI=1S/C14H20BrNO5/c1-3-4-5-20-6-7-21-14-9-12(16(17)18)11(10-15)8-13(14)19-2/h8-9H,3-7,10H2,1-2H3. The summed E-state index contributed by atoms with van der Waals surface area (Å²) in [5, 5.41) is 11.4. The first-order valence-corrected chi connectivity index (χ1v) is 7.88. The number of hydrogen-bond donors (Lipinski definition) is 0. The highest BCUT2D eigenvalue weighted by atomic mass is 79.9. The number of nitro benzene ring substituents is 1. The third-order valence-electron chi connectivity index (χ3n) is 2.83. The van der Waals surface area contributed by atoms with Crippen LogP contribution in [-0.4, -0.2) is 31.9 Å². The molecule has 0 aliphatic rings. The fraction of sp³-hybridized carbons (Fsp3) is 0.571. The van der Waals surface area contributed by atoms with Gasteiger partial charge in [-0.25, -0.2) is 0 Å². The number of nitro groups is 1. The fourth-order valence-electron chi connectivity index (χ4n) is 1.70. The van der Waals surface area contributed by atoms with Gasteiger partial charge in [-0.05, 0) is 12.5 Å². The molecule has 0 atom stereocenters. The van der Waals surface area contributed by atoms with Gasteiger partial charge in [0.1, 0.15) is 6.61 Å². The van der Waals surface area contributed by atoms with Crippen molar-refractivity contribution in [3.8, 4) is 11.5 Å². The zero-order valence-electron chi connectivity index (χ0n) is 12.3. The van der Waals surface area contributed by atoms with E-state index in [2.05, 4.69) is 22.9 Å². The molecular weight excluding hydrogens is 342 g/mol. The second-order valence-electron chi connectivity index (χ2n) is 4.34. The SMILES string of the molecule is CCCCOCCOc1cc([N+](=O)[O-])c(CBr)cc1OC. The van der Waals surface area contributed by atoms with Crippen LogP contribution in [-0.2, 0) is 10.1 Å². The second-order valence-corrected chi connectivity index (χ2v) is 4.90. The van der Waals surface area contributed by atoms with Crippen LogP contribution in [0.1, 0.15) is 25.3 Å². The molecule has 0 unspecified atom stereocenters. The van der Waals surface area contributed by atoms with E-state index in [1.54, 1.807) is 6.07 Å². The van der Waals surface area contributed by atoms with Crippen molar-refractivity contribution in [1.82, 2.24) is 0 Å². The summed E-state index contributed by atoms with van der Waals surface area (Å²) >= 11 is 3.23. The molecule has 0 aliphatic carbocycles. The van der Waals surface area contributed by atoms with Crippen molar-refractivity contribution in [2.24, 2.45) is 0 Å².